The highest BCUT2D eigenvalue weighted by molar-refractivity contribution is 5.78. The maximum absolute atomic E-state index is 11.9. The summed E-state index contributed by atoms with van der Waals surface area (Å²) < 4.78 is 28.3. The first-order chi connectivity index (χ1) is 15.3. The first-order valence-corrected chi connectivity index (χ1v) is 10.3. The van der Waals surface area contributed by atoms with Gasteiger partial charge in [-0.1, -0.05) is 48.5 Å². The number of rotatable bonds is 5. The highest BCUT2D eigenvalue weighted by atomic mass is 16.7. The molecule has 4 atom stereocenters. The molecule has 1 aliphatic heterocycles. The third kappa shape index (κ3) is 4.37. The SMILES string of the molecule is CC(=O)OC1COC(OC2c3ccccc3-c3ccccc32)C(OC(C)=O)C1OC(C)=O. The lowest BCUT2D eigenvalue weighted by molar-refractivity contribution is -0.288. The van der Waals surface area contributed by atoms with Gasteiger partial charge in [0, 0.05) is 20.8 Å². The molecule has 0 aromatic heterocycles. The number of benzene rings is 2. The van der Waals surface area contributed by atoms with Crippen molar-refractivity contribution in [1.82, 2.24) is 0 Å². The van der Waals surface area contributed by atoms with E-state index >= 15 is 0 Å². The fourth-order valence-corrected chi connectivity index (χ4v) is 4.22. The number of hydrogen-bond acceptors (Lipinski definition) is 8. The van der Waals surface area contributed by atoms with E-state index in [1.54, 1.807) is 0 Å². The predicted molar refractivity (Wildman–Crippen MR) is 111 cm³/mol. The summed E-state index contributed by atoms with van der Waals surface area (Å²) >= 11 is 0. The second kappa shape index (κ2) is 9.10. The molecule has 2 aromatic rings. The fourth-order valence-electron chi connectivity index (χ4n) is 4.22. The highest BCUT2D eigenvalue weighted by Crippen LogP contribution is 2.46. The van der Waals surface area contributed by atoms with Crippen molar-refractivity contribution in [1.29, 1.82) is 0 Å². The second-order valence-corrected chi connectivity index (χ2v) is 7.69. The van der Waals surface area contributed by atoms with Crippen molar-refractivity contribution >= 4 is 17.9 Å². The molecule has 0 radical (unpaired) electrons. The summed E-state index contributed by atoms with van der Waals surface area (Å²) in [5.74, 6) is -1.79. The number of fused-ring (bicyclic) bond motifs is 3. The van der Waals surface area contributed by atoms with Gasteiger partial charge in [0.05, 0.1) is 6.61 Å². The summed E-state index contributed by atoms with van der Waals surface area (Å²) in [5.41, 5.74) is 3.99. The molecule has 1 heterocycles. The van der Waals surface area contributed by atoms with Gasteiger partial charge in [0.25, 0.3) is 0 Å². The Bertz CT molecular complexity index is 987. The minimum atomic E-state index is -1.13. The van der Waals surface area contributed by atoms with Crippen LogP contribution in [0.1, 0.15) is 38.0 Å². The topological polar surface area (TPSA) is 97.4 Å². The third-order valence-corrected chi connectivity index (χ3v) is 5.35. The average molecular weight is 440 g/mol. The Kier molecular flexibility index (Phi) is 6.25. The summed E-state index contributed by atoms with van der Waals surface area (Å²) in [4.78, 5) is 35.2. The summed E-state index contributed by atoms with van der Waals surface area (Å²) in [5, 5.41) is 0. The minimum absolute atomic E-state index is 0.0873. The molecule has 0 spiro atoms. The van der Waals surface area contributed by atoms with E-state index in [4.69, 9.17) is 23.7 Å². The Morgan fingerprint density at radius 2 is 1.25 bits per heavy atom. The minimum Gasteiger partial charge on any atom is -0.456 e. The largest absolute Gasteiger partial charge is 0.456 e. The van der Waals surface area contributed by atoms with Crippen LogP contribution in [-0.4, -0.2) is 49.1 Å². The number of esters is 3. The zero-order valence-corrected chi connectivity index (χ0v) is 18.0. The van der Waals surface area contributed by atoms with Crippen molar-refractivity contribution in [2.24, 2.45) is 0 Å². The van der Waals surface area contributed by atoms with E-state index in [9.17, 15) is 14.4 Å². The standard InChI is InChI=1S/C24H24O8/c1-13(25)29-20-12-28-24(23(31-15(3)27)22(20)30-14(2)26)32-21-18-10-6-4-8-16(18)17-9-5-7-11-19(17)21/h4-11,20-24H,12H2,1-3H3. The van der Waals surface area contributed by atoms with Crippen LogP contribution in [0.25, 0.3) is 11.1 Å². The van der Waals surface area contributed by atoms with Gasteiger partial charge in [0.2, 0.25) is 0 Å². The van der Waals surface area contributed by atoms with Crippen molar-refractivity contribution in [3.8, 4) is 11.1 Å². The van der Waals surface area contributed by atoms with Gasteiger partial charge in [-0.3, -0.25) is 14.4 Å². The lowest BCUT2D eigenvalue weighted by atomic mass is 10.0. The Labute approximate surface area is 185 Å². The van der Waals surface area contributed by atoms with Crippen LogP contribution in [0.15, 0.2) is 48.5 Å². The van der Waals surface area contributed by atoms with Gasteiger partial charge in [0.15, 0.2) is 24.6 Å². The van der Waals surface area contributed by atoms with E-state index in [-0.39, 0.29) is 6.61 Å². The predicted octanol–water partition coefficient (Wildman–Crippen LogP) is 2.92. The molecule has 2 aromatic carbocycles. The van der Waals surface area contributed by atoms with Crippen molar-refractivity contribution in [3.63, 3.8) is 0 Å². The first-order valence-electron chi connectivity index (χ1n) is 10.3. The summed E-state index contributed by atoms with van der Waals surface area (Å²) in [6.45, 7) is 3.61. The van der Waals surface area contributed by atoms with Gasteiger partial charge >= 0.3 is 17.9 Å². The number of carbonyl (C=O) groups excluding carboxylic acids is 3. The van der Waals surface area contributed by atoms with E-state index in [0.717, 1.165) is 22.3 Å². The van der Waals surface area contributed by atoms with Crippen LogP contribution in [0.3, 0.4) is 0 Å². The van der Waals surface area contributed by atoms with Crippen LogP contribution in [0.2, 0.25) is 0 Å². The molecule has 0 saturated carbocycles. The second-order valence-electron chi connectivity index (χ2n) is 7.69. The van der Waals surface area contributed by atoms with Crippen molar-refractivity contribution in [2.45, 2.75) is 51.5 Å². The third-order valence-electron chi connectivity index (χ3n) is 5.35. The molecule has 8 heteroatoms. The van der Waals surface area contributed by atoms with Crippen LogP contribution in [0, 0.1) is 0 Å². The molecule has 0 bridgehead atoms. The zero-order valence-electron chi connectivity index (χ0n) is 18.0. The van der Waals surface area contributed by atoms with Crippen LogP contribution < -0.4 is 0 Å². The molecule has 4 rings (SSSR count). The molecular formula is C24H24O8. The van der Waals surface area contributed by atoms with Crippen molar-refractivity contribution in [2.75, 3.05) is 6.61 Å². The molecule has 32 heavy (non-hydrogen) atoms. The maximum Gasteiger partial charge on any atom is 0.303 e. The van der Waals surface area contributed by atoms with Crippen molar-refractivity contribution in [3.05, 3.63) is 59.7 Å². The monoisotopic (exact) mass is 440 g/mol. The van der Waals surface area contributed by atoms with Gasteiger partial charge in [-0.2, -0.15) is 0 Å². The van der Waals surface area contributed by atoms with Crippen LogP contribution in [-0.2, 0) is 38.1 Å². The van der Waals surface area contributed by atoms with Gasteiger partial charge in [-0.25, -0.2) is 0 Å². The fraction of sp³-hybridized carbons (Fsp3) is 0.375. The molecule has 1 fully saturated rings. The van der Waals surface area contributed by atoms with Gasteiger partial charge in [0.1, 0.15) is 6.10 Å². The van der Waals surface area contributed by atoms with E-state index < -0.39 is 48.6 Å². The van der Waals surface area contributed by atoms with E-state index in [1.807, 2.05) is 48.5 Å². The lowest BCUT2D eigenvalue weighted by Gasteiger charge is -2.41. The van der Waals surface area contributed by atoms with Crippen molar-refractivity contribution < 1.29 is 38.1 Å². The van der Waals surface area contributed by atoms with E-state index in [0.29, 0.717) is 0 Å². The zero-order chi connectivity index (χ0) is 22.8. The normalized spacial score (nSPS) is 24.2. The van der Waals surface area contributed by atoms with Crippen LogP contribution in [0.4, 0.5) is 0 Å². The number of carbonyl (C=O) groups is 3. The van der Waals surface area contributed by atoms with Crippen LogP contribution in [0.5, 0.6) is 0 Å². The molecule has 0 amide bonds. The Balaban J connectivity index is 1.67. The molecule has 8 nitrogen and oxygen atoms in total. The van der Waals surface area contributed by atoms with Gasteiger partial charge < -0.3 is 23.7 Å². The molecule has 0 N–H and O–H groups in total. The van der Waals surface area contributed by atoms with Gasteiger partial charge in [-0.15, -0.1) is 0 Å². The Hall–Kier alpha value is -3.23. The molecular weight excluding hydrogens is 416 g/mol. The molecule has 2 aliphatic rings. The molecule has 1 aliphatic carbocycles. The van der Waals surface area contributed by atoms with Gasteiger partial charge in [-0.05, 0) is 22.3 Å². The molecule has 4 unspecified atom stereocenters. The summed E-state index contributed by atoms with van der Waals surface area (Å²) in [6, 6.07) is 15.7. The average Bonchev–Trinajstić information content (AvgIpc) is 3.05. The molecule has 1 saturated heterocycles. The van der Waals surface area contributed by atoms with E-state index in [1.165, 1.54) is 20.8 Å². The maximum atomic E-state index is 11.9. The van der Waals surface area contributed by atoms with Crippen LogP contribution >= 0.6 is 0 Å². The highest BCUT2D eigenvalue weighted by Gasteiger charge is 2.49. The summed E-state index contributed by atoms with van der Waals surface area (Å²) in [6.07, 6.45) is -4.68. The smallest absolute Gasteiger partial charge is 0.303 e. The quantitative estimate of drug-likeness (QED) is 0.517. The van der Waals surface area contributed by atoms with E-state index in [2.05, 4.69) is 0 Å². The number of hydrogen-bond donors (Lipinski definition) is 0. The molecule has 168 valence electrons. The lowest BCUT2D eigenvalue weighted by Crippen LogP contribution is -2.58. The Morgan fingerprint density at radius 1 is 0.750 bits per heavy atom. The number of ether oxygens (including phenoxy) is 5. The first kappa shape index (κ1) is 22.0. The Morgan fingerprint density at radius 3 is 1.78 bits per heavy atom. The summed E-state index contributed by atoms with van der Waals surface area (Å²) in [7, 11) is 0.